The van der Waals surface area contributed by atoms with E-state index in [0.717, 1.165) is 0 Å². The maximum absolute atomic E-state index is 13.9. The van der Waals surface area contributed by atoms with Crippen LogP contribution >= 0.6 is 11.6 Å². The van der Waals surface area contributed by atoms with Crippen molar-refractivity contribution in [3.63, 3.8) is 0 Å². The summed E-state index contributed by atoms with van der Waals surface area (Å²) in [5, 5.41) is 4.00. The monoisotopic (exact) mass is 533 g/mol. The van der Waals surface area contributed by atoms with Gasteiger partial charge in [0.25, 0.3) is 5.56 Å². The van der Waals surface area contributed by atoms with E-state index < -0.39 is 6.04 Å². The van der Waals surface area contributed by atoms with Crippen LogP contribution in [0.2, 0.25) is 5.02 Å². The number of hydrogen-bond acceptors (Lipinski definition) is 5. The van der Waals surface area contributed by atoms with E-state index in [4.69, 9.17) is 21.3 Å². The summed E-state index contributed by atoms with van der Waals surface area (Å²) in [6, 6.07) is 20.7. The van der Waals surface area contributed by atoms with E-state index in [2.05, 4.69) is 5.32 Å². The van der Waals surface area contributed by atoms with Crippen LogP contribution in [0, 0.1) is 0 Å². The lowest BCUT2D eigenvalue weighted by atomic mass is 10.1. The highest BCUT2D eigenvalue weighted by molar-refractivity contribution is 6.30. The van der Waals surface area contributed by atoms with Crippen LogP contribution in [0.4, 0.5) is 10.5 Å². The van der Waals surface area contributed by atoms with Gasteiger partial charge in [-0.25, -0.2) is 9.78 Å². The van der Waals surface area contributed by atoms with Gasteiger partial charge in [-0.15, -0.1) is 0 Å². The molecule has 0 saturated heterocycles. The summed E-state index contributed by atoms with van der Waals surface area (Å²) in [7, 11) is 5.50. The van der Waals surface area contributed by atoms with E-state index in [9.17, 15) is 9.59 Å². The number of benzene rings is 3. The molecule has 0 bridgehead atoms. The number of nitrogens with one attached hydrogen (secondary N) is 1. The zero-order chi connectivity index (χ0) is 27.2. The molecule has 38 heavy (non-hydrogen) atoms. The summed E-state index contributed by atoms with van der Waals surface area (Å²) >= 11 is 6.15. The normalized spacial score (nSPS) is 11.9. The zero-order valence-corrected chi connectivity index (χ0v) is 22.8. The van der Waals surface area contributed by atoms with Crippen LogP contribution in [0.15, 0.2) is 77.6 Å². The molecular weight excluding hydrogens is 502 g/mol. The summed E-state index contributed by atoms with van der Waals surface area (Å²) in [5.41, 5.74) is 1.62. The van der Waals surface area contributed by atoms with Gasteiger partial charge in [0.1, 0.15) is 11.6 Å². The molecule has 0 saturated carbocycles. The number of rotatable bonds is 9. The SMILES string of the molecule is CCC(c1nc2ccccc2c(=O)n1-c1ccc(OC)cc1)N(CCN(C)C)C(=O)Nc1cccc(Cl)c1. The van der Waals surface area contributed by atoms with Crippen molar-refractivity contribution in [2.24, 2.45) is 0 Å². The Kier molecular flexibility index (Phi) is 8.66. The minimum atomic E-state index is -0.492. The molecule has 1 atom stereocenters. The fourth-order valence-electron chi connectivity index (χ4n) is 4.36. The lowest BCUT2D eigenvalue weighted by molar-refractivity contribution is 0.173. The number of carbonyl (C=O) groups excluding carboxylic acids is 1. The second-order valence-electron chi connectivity index (χ2n) is 9.19. The number of aromatic nitrogens is 2. The zero-order valence-electron chi connectivity index (χ0n) is 22.0. The number of methoxy groups -OCH3 is 1. The Morgan fingerprint density at radius 2 is 1.79 bits per heavy atom. The van der Waals surface area contributed by atoms with Crippen molar-refractivity contribution in [1.82, 2.24) is 19.4 Å². The number of hydrogen-bond donors (Lipinski definition) is 1. The first-order valence-electron chi connectivity index (χ1n) is 12.5. The van der Waals surface area contributed by atoms with Crippen molar-refractivity contribution < 1.29 is 9.53 Å². The number of likely N-dealkylation sites (N-methyl/N-ethyl adjacent to an activating group) is 1. The number of amides is 2. The molecule has 1 N–H and O–H groups in total. The summed E-state index contributed by atoms with van der Waals surface area (Å²) in [5.74, 6) is 1.17. The predicted octanol–water partition coefficient (Wildman–Crippen LogP) is 5.59. The lowest BCUT2D eigenvalue weighted by Crippen LogP contribution is -2.43. The van der Waals surface area contributed by atoms with Gasteiger partial charge in [0, 0.05) is 23.8 Å². The van der Waals surface area contributed by atoms with E-state index in [0.29, 0.717) is 58.4 Å². The molecule has 0 spiro atoms. The number of anilines is 1. The third-order valence-corrected chi connectivity index (χ3v) is 6.55. The molecule has 0 aliphatic rings. The maximum atomic E-state index is 13.9. The molecular formula is C29H32ClN5O3. The molecule has 0 fully saturated rings. The van der Waals surface area contributed by atoms with Crippen LogP contribution in [0.1, 0.15) is 25.2 Å². The molecule has 1 aromatic heterocycles. The van der Waals surface area contributed by atoms with Crippen molar-refractivity contribution in [1.29, 1.82) is 0 Å². The predicted molar refractivity (Wildman–Crippen MR) is 153 cm³/mol. The van der Waals surface area contributed by atoms with Crippen LogP contribution in [0.25, 0.3) is 16.6 Å². The Labute approximate surface area is 227 Å². The van der Waals surface area contributed by atoms with Gasteiger partial charge >= 0.3 is 6.03 Å². The molecule has 3 aromatic carbocycles. The number of para-hydroxylation sites is 1. The molecule has 0 aliphatic heterocycles. The second kappa shape index (κ2) is 12.1. The largest absolute Gasteiger partial charge is 0.497 e. The standard InChI is InChI=1S/C29H32ClN5O3/c1-5-26(34(18-17-33(2)3)29(37)31-21-10-8-9-20(30)19-21)27-32-25-12-7-6-11-24(25)28(36)35(27)22-13-15-23(38-4)16-14-22/h6-16,19,26H,5,17-18H2,1-4H3,(H,31,37). The summed E-state index contributed by atoms with van der Waals surface area (Å²) in [6.07, 6.45) is 0.539. The highest BCUT2D eigenvalue weighted by Crippen LogP contribution is 2.28. The van der Waals surface area contributed by atoms with Crippen molar-refractivity contribution >= 4 is 34.2 Å². The first-order chi connectivity index (χ1) is 18.3. The third-order valence-electron chi connectivity index (χ3n) is 6.32. The minimum Gasteiger partial charge on any atom is -0.497 e. The number of halogens is 1. The van der Waals surface area contributed by atoms with E-state index in [-0.39, 0.29) is 11.6 Å². The molecule has 2 amide bonds. The Balaban J connectivity index is 1.86. The van der Waals surface area contributed by atoms with Crippen molar-refractivity contribution in [3.8, 4) is 11.4 Å². The Morgan fingerprint density at radius 3 is 2.45 bits per heavy atom. The summed E-state index contributed by atoms with van der Waals surface area (Å²) < 4.78 is 6.92. The van der Waals surface area contributed by atoms with Crippen LogP contribution in [0.5, 0.6) is 5.75 Å². The fourth-order valence-corrected chi connectivity index (χ4v) is 4.56. The van der Waals surface area contributed by atoms with Gasteiger partial charge in [0.05, 0.1) is 29.7 Å². The van der Waals surface area contributed by atoms with E-state index >= 15 is 0 Å². The Morgan fingerprint density at radius 1 is 1.05 bits per heavy atom. The Hall–Kier alpha value is -3.88. The van der Waals surface area contributed by atoms with Crippen molar-refractivity contribution in [2.45, 2.75) is 19.4 Å². The maximum Gasteiger partial charge on any atom is 0.322 e. The average molecular weight is 534 g/mol. The molecule has 4 aromatic rings. The van der Waals surface area contributed by atoms with Crippen LogP contribution < -0.4 is 15.6 Å². The number of urea groups is 1. The van der Waals surface area contributed by atoms with Gasteiger partial charge in [0.15, 0.2) is 0 Å². The highest BCUT2D eigenvalue weighted by atomic mass is 35.5. The first kappa shape index (κ1) is 27.2. The topological polar surface area (TPSA) is 79.7 Å². The lowest BCUT2D eigenvalue weighted by Gasteiger charge is -2.33. The molecule has 198 valence electrons. The number of carbonyl (C=O) groups is 1. The molecule has 1 unspecified atom stereocenters. The molecule has 0 radical (unpaired) electrons. The average Bonchev–Trinajstić information content (AvgIpc) is 2.91. The molecule has 8 nitrogen and oxygen atoms in total. The minimum absolute atomic E-state index is 0.197. The highest BCUT2D eigenvalue weighted by Gasteiger charge is 2.29. The van der Waals surface area contributed by atoms with Gasteiger partial charge in [-0.2, -0.15) is 0 Å². The first-order valence-corrected chi connectivity index (χ1v) is 12.8. The van der Waals surface area contributed by atoms with Gasteiger partial charge in [0.2, 0.25) is 0 Å². The summed E-state index contributed by atoms with van der Waals surface area (Å²) in [4.78, 5) is 36.3. The van der Waals surface area contributed by atoms with E-state index in [1.807, 2.05) is 56.3 Å². The quantitative estimate of drug-likeness (QED) is 0.303. The molecule has 1 heterocycles. The Bertz CT molecular complexity index is 1470. The van der Waals surface area contributed by atoms with Gasteiger partial charge < -0.3 is 19.9 Å². The second-order valence-corrected chi connectivity index (χ2v) is 9.62. The fraction of sp³-hybridized carbons (Fsp3) is 0.276. The smallest absolute Gasteiger partial charge is 0.322 e. The molecule has 0 aliphatic carbocycles. The van der Waals surface area contributed by atoms with Gasteiger partial charge in [-0.3, -0.25) is 9.36 Å². The van der Waals surface area contributed by atoms with E-state index in [1.54, 1.807) is 59.0 Å². The number of fused-ring (bicyclic) bond motifs is 1. The van der Waals surface area contributed by atoms with Gasteiger partial charge in [-0.1, -0.05) is 36.7 Å². The third kappa shape index (κ3) is 5.98. The van der Waals surface area contributed by atoms with Crippen molar-refractivity contribution in [3.05, 3.63) is 94.0 Å². The van der Waals surface area contributed by atoms with Crippen LogP contribution in [-0.2, 0) is 0 Å². The van der Waals surface area contributed by atoms with Crippen LogP contribution in [0.3, 0.4) is 0 Å². The van der Waals surface area contributed by atoms with E-state index in [1.165, 1.54) is 0 Å². The number of nitrogens with zero attached hydrogens (tertiary/aromatic N) is 4. The van der Waals surface area contributed by atoms with Gasteiger partial charge in [-0.05, 0) is 75.1 Å². The molecule has 4 rings (SSSR count). The number of ether oxygens (including phenoxy) is 1. The summed E-state index contributed by atoms with van der Waals surface area (Å²) in [6.45, 7) is 3.03. The van der Waals surface area contributed by atoms with Crippen molar-refractivity contribution in [2.75, 3.05) is 39.6 Å². The molecule has 9 heteroatoms. The van der Waals surface area contributed by atoms with Crippen LogP contribution in [-0.4, -0.2) is 59.7 Å².